The van der Waals surface area contributed by atoms with Crippen LogP contribution < -0.4 is 10.6 Å². The molecule has 18 heavy (non-hydrogen) atoms. The van der Waals surface area contributed by atoms with Crippen molar-refractivity contribution < 1.29 is 13.2 Å². The largest absolute Gasteiger partial charge is 0.355 e. The van der Waals surface area contributed by atoms with E-state index >= 15 is 0 Å². The number of sulfone groups is 1. The van der Waals surface area contributed by atoms with Gasteiger partial charge in [-0.3, -0.25) is 4.79 Å². The van der Waals surface area contributed by atoms with E-state index < -0.39 is 14.6 Å². The zero-order valence-corrected chi connectivity index (χ0v) is 12.3. The van der Waals surface area contributed by atoms with Gasteiger partial charge in [-0.2, -0.15) is 0 Å². The van der Waals surface area contributed by atoms with Gasteiger partial charge in [-0.05, 0) is 45.7 Å². The van der Waals surface area contributed by atoms with E-state index in [4.69, 9.17) is 0 Å². The molecule has 0 aromatic rings. The van der Waals surface area contributed by atoms with Crippen LogP contribution in [0.2, 0.25) is 0 Å². The van der Waals surface area contributed by atoms with Crippen LogP contribution in [0.1, 0.15) is 33.1 Å². The molecule has 1 atom stereocenters. The van der Waals surface area contributed by atoms with Gasteiger partial charge in [-0.25, -0.2) is 8.42 Å². The lowest BCUT2D eigenvalue weighted by atomic mass is 9.96. The Morgan fingerprint density at radius 3 is 2.61 bits per heavy atom. The average molecular weight is 276 g/mol. The van der Waals surface area contributed by atoms with Crippen molar-refractivity contribution >= 4 is 15.7 Å². The Hall–Kier alpha value is -0.620. The Morgan fingerprint density at radius 2 is 2.11 bits per heavy atom. The molecule has 0 spiro atoms. The van der Waals surface area contributed by atoms with Gasteiger partial charge >= 0.3 is 0 Å². The van der Waals surface area contributed by atoms with E-state index in [1.54, 1.807) is 13.8 Å². The van der Waals surface area contributed by atoms with E-state index in [2.05, 4.69) is 10.6 Å². The van der Waals surface area contributed by atoms with Crippen LogP contribution >= 0.6 is 0 Å². The van der Waals surface area contributed by atoms with Crippen LogP contribution in [0.3, 0.4) is 0 Å². The lowest BCUT2D eigenvalue weighted by Gasteiger charge is -2.25. The summed E-state index contributed by atoms with van der Waals surface area (Å²) >= 11 is 0. The molecule has 0 radical (unpaired) electrons. The monoisotopic (exact) mass is 276 g/mol. The summed E-state index contributed by atoms with van der Waals surface area (Å²) in [6.45, 7) is 5.34. The molecule has 1 amide bonds. The minimum atomic E-state index is -3.16. The average Bonchev–Trinajstić information content (AvgIpc) is 2.26. The fourth-order valence-electron chi connectivity index (χ4n) is 1.88. The Balaban J connectivity index is 2.37. The second-order valence-corrected chi connectivity index (χ2v) is 8.37. The number of hydrogen-bond acceptors (Lipinski definition) is 4. The SMILES string of the molecule is CC(C)(CNC(=O)CC1CCCNC1)S(C)(=O)=O. The highest BCUT2D eigenvalue weighted by Gasteiger charge is 2.30. The lowest BCUT2D eigenvalue weighted by molar-refractivity contribution is -0.122. The van der Waals surface area contributed by atoms with Crippen LogP contribution in [0.15, 0.2) is 0 Å². The molecule has 1 saturated heterocycles. The van der Waals surface area contributed by atoms with Crippen molar-refractivity contribution in [3.8, 4) is 0 Å². The van der Waals surface area contributed by atoms with Gasteiger partial charge in [0.25, 0.3) is 0 Å². The summed E-state index contributed by atoms with van der Waals surface area (Å²) in [5.41, 5.74) is 0. The van der Waals surface area contributed by atoms with Gasteiger partial charge in [0.2, 0.25) is 5.91 Å². The van der Waals surface area contributed by atoms with Gasteiger partial charge < -0.3 is 10.6 Å². The second-order valence-electron chi connectivity index (χ2n) is 5.73. The first-order valence-electron chi connectivity index (χ1n) is 6.39. The standard InChI is InChI=1S/C12H24N2O3S/c1-12(2,18(3,16)17)9-14-11(15)7-10-5-4-6-13-8-10/h10,13H,4-9H2,1-3H3,(H,14,15). The van der Waals surface area contributed by atoms with Gasteiger partial charge in [-0.15, -0.1) is 0 Å². The second kappa shape index (κ2) is 6.02. The van der Waals surface area contributed by atoms with Crippen molar-refractivity contribution in [2.75, 3.05) is 25.9 Å². The predicted octanol–water partition coefficient (Wildman–Crippen LogP) is 0.316. The number of hydrogen-bond donors (Lipinski definition) is 2. The highest BCUT2D eigenvalue weighted by atomic mass is 32.2. The van der Waals surface area contributed by atoms with E-state index in [9.17, 15) is 13.2 Å². The maximum absolute atomic E-state index is 11.8. The number of piperidine rings is 1. The first-order valence-corrected chi connectivity index (χ1v) is 8.28. The fourth-order valence-corrected chi connectivity index (χ4v) is 2.21. The van der Waals surface area contributed by atoms with Crippen molar-refractivity contribution in [3.63, 3.8) is 0 Å². The zero-order chi connectivity index (χ0) is 13.8. The minimum Gasteiger partial charge on any atom is -0.355 e. The number of carbonyl (C=O) groups excluding carboxylic acids is 1. The molecule has 106 valence electrons. The molecule has 0 aliphatic carbocycles. The topological polar surface area (TPSA) is 75.3 Å². The normalized spacial score (nSPS) is 21.6. The maximum Gasteiger partial charge on any atom is 0.220 e. The Bertz CT molecular complexity index is 384. The first-order chi connectivity index (χ1) is 8.22. The number of nitrogens with one attached hydrogen (secondary N) is 2. The fraction of sp³-hybridized carbons (Fsp3) is 0.917. The minimum absolute atomic E-state index is 0.0552. The Labute approximate surface area is 110 Å². The van der Waals surface area contributed by atoms with Crippen LogP contribution in [0.25, 0.3) is 0 Å². The van der Waals surface area contributed by atoms with Crippen LogP contribution in [-0.2, 0) is 14.6 Å². The van der Waals surface area contributed by atoms with Gasteiger partial charge in [0.15, 0.2) is 9.84 Å². The number of rotatable bonds is 5. The van der Waals surface area contributed by atoms with Gasteiger partial charge in [0.1, 0.15) is 0 Å². The van der Waals surface area contributed by atoms with Crippen LogP contribution in [0, 0.1) is 5.92 Å². The Morgan fingerprint density at radius 1 is 1.44 bits per heavy atom. The summed E-state index contributed by atoms with van der Waals surface area (Å²) in [5.74, 6) is 0.320. The molecule has 0 saturated carbocycles. The van der Waals surface area contributed by atoms with E-state index in [1.807, 2.05) is 0 Å². The number of amides is 1. The van der Waals surface area contributed by atoms with Crippen molar-refractivity contribution in [2.45, 2.75) is 37.9 Å². The molecule has 0 aromatic carbocycles. The molecule has 1 aliphatic heterocycles. The Kier molecular flexibility index (Phi) is 5.16. The maximum atomic E-state index is 11.8. The van der Waals surface area contributed by atoms with Gasteiger partial charge in [-0.1, -0.05) is 0 Å². The summed E-state index contributed by atoms with van der Waals surface area (Å²) in [6, 6.07) is 0. The molecule has 1 heterocycles. The smallest absolute Gasteiger partial charge is 0.220 e. The highest BCUT2D eigenvalue weighted by Crippen LogP contribution is 2.15. The molecule has 0 aromatic heterocycles. The molecule has 5 nitrogen and oxygen atoms in total. The van der Waals surface area contributed by atoms with Gasteiger partial charge in [0, 0.05) is 19.2 Å². The molecule has 1 unspecified atom stereocenters. The molecule has 6 heteroatoms. The quantitative estimate of drug-likeness (QED) is 0.758. The molecule has 2 N–H and O–H groups in total. The lowest BCUT2D eigenvalue weighted by Crippen LogP contribution is -2.44. The molecular weight excluding hydrogens is 252 g/mol. The first kappa shape index (κ1) is 15.4. The zero-order valence-electron chi connectivity index (χ0n) is 11.5. The molecule has 1 aliphatic rings. The van der Waals surface area contributed by atoms with Gasteiger partial charge in [0.05, 0.1) is 4.75 Å². The molecular formula is C12H24N2O3S. The van der Waals surface area contributed by atoms with Crippen LogP contribution in [-0.4, -0.2) is 45.0 Å². The summed E-state index contributed by atoms with van der Waals surface area (Å²) in [6.07, 6.45) is 3.85. The third kappa shape index (κ3) is 4.57. The third-order valence-corrected chi connectivity index (χ3v) is 5.74. The summed E-state index contributed by atoms with van der Waals surface area (Å²) < 4.78 is 22.1. The van der Waals surface area contributed by atoms with Crippen molar-refractivity contribution in [3.05, 3.63) is 0 Å². The van der Waals surface area contributed by atoms with Crippen LogP contribution in [0.5, 0.6) is 0 Å². The van der Waals surface area contributed by atoms with E-state index in [-0.39, 0.29) is 12.5 Å². The van der Waals surface area contributed by atoms with E-state index in [0.717, 1.165) is 25.9 Å². The van der Waals surface area contributed by atoms with E-state index in [0.29, 0.717) is 12.3 Å². The summed E-state index contributed by atoms with van der Waals surface area (Å²) in [4.78, 5) is 11.8. The van der Waals surface area contributed by atoms with Crippen LogP contribution in [0.4, 0.5) is 0 Å². The molecule has 1 fully saturated rings. The van der Waals surface area contributed by atoms with Crippen molar-refractivity contribution in [1.82, 2.24) is 10.6 Å². The summed E-state index contributed by atoms with van der Waals surface area (Å²) in [7, 11) is -3.16. The predicted molar refractivity (Wildman–Crippen MR) is 72.1 cm³/mol. The number of carbonyl (C=O) groups is 1. The van der Waals surface area contributed by atoms with E-state index in [1.165, 1.54) is 6.26 Å². The van der Waals surface area contributed by atoms with Crippen molar-refractivity contribution in [1.29, 1.82) is 0 Å². The molecule has 0 bridgehead atoms. The third-order valence-electron chi connectivity index (χ3n) is 3.59. The summed E-state index contributed by atoms with van der Waals surface area (Å²) in [5, 5.41) is 5.99. The van der Waals surface area contributed by atoms with Crippen molar-refractivity contribution in [2.24, 2.45) is 5.92 Å². The highest BCUT2D eigenvalue weighted by molar-refractivity contribution is 7.92. The molecule has 1 rings (SSSR count).